The molecule has 0 saturated heterocycles. The largest absolute Gasteiger partial charge is 0.380 e. The lowest BCUT2D eigenvalue weighted by molar-refractivity contribution is -0.385. The van der Waals surface area contributed by atoms with E-state index in [0.717, 1.165) is 5.69 Å². The van der Waals surface area contributed by atoms with E-state index in [0.29, 0.717) is 10.1 Å². The first-order valence-corrected chi connectivity index (χ1v) is 5.89. The molecule has 0 saturated carbocycles. The predicted molar refractivity (Wildman–Crippen MR) is 72.1 cm³/mol. The van der Waals surface area contributed by atoms with E-state index in [4.69, 9.17) is 9.47 Å². The molecule has 0 atom stereocenters. The summed E-state index contributed by atoms with van der Waals surface area (Å²) < 4.78 is 10.6. The van der Waals surface area contributed by atoms with Crippen LogP contribution in [0.5, 0.6) is 0 Å². The zero-order valence-corrected chi connectivity index (χ0v) is 11.6. The third-order valence-corrected chi connectivity index (χ3v) is 3.01. The normalized spacial score (nSPS) is 10.6. The van der Waals surface area contributed by atoms with Crippen molar-refractivity contribution >= 4 is 34.0 Å². The fourth-order valence-electron chi connectivity index (χ4n) is 1.23. The van der Waals surface area contributed by atoms with Crippen LogP contribution in [0.4, 0.5) is 11.4 Å². The van der Waals surface area contributed by atoms with Gasteiger partial charge >= 0.3 is 0 Å². The third-order valence-electron chi connectivity index (χ3n) is 2.14. The van der Waals surface area contributed by atoms with Crippen molar-refractivity contribution in [2.45, 2.75) is 6.29 Å². The summed E-state index contributed by atoms with van der Waals surface area (Å²) in [7, 11) is 3.10. The number of hydrogen-bond donors (Lipinski definition) is 1. The molecule has 0 spiro atoms. The maximum atomic E-state index is 10.6. The summed E-state index contributed by atoms with van der Waals surface area (Å²) in [6, 6.07) is 4.84. The van der Waals surface area contributed by atoms with Gasteiger partial charge < -0.3 is 14.8 Å². The van der Waals surface area contributed by atoms with Gasteiger partial charge in [0.05, 0.1) is 15.0 Å². The number of benzene rings is 1. The van der Waals surface area contributed by atoms with Crippen molar-refractivity contribution in [3.05, 3.63) is 31.9 Å². The van der Waals surface area contributed by atoms with E-state index in [-0.39, 0.29) is 12.0 Å². The van der Waals surface area contributed by atoms with Crippen molar-refractivity contribution in [2.75, 3.05) is 26.1 Å². The van der Waals surface area contributed by atoms with E-state index in [9.17, 15) is 10.1 Å². The van der Waals surface area contributed by atoms with E-state index in [1.165, 1.54) is 6.07 Å². The molecule has 0 bridgehead atoms. The molecule has 1 N–H and O–H groups in total. The van der Waals surface area contributed by atoms with Crippen molar-refractivity contribution in [2.24, 2.45) is 0 Å². The number of nitrogens with one attached hydrogen (secondary N) is 1. The second kappa shape index (κ2) is 6.72. The van der Waals surface area contributed by atoms with Gasteiger partial charge in [0.25, 0.3) is 5.69 Å². The van der Waals surface area contributed by atoms with E-state index in [1.807, 2.05) is 22.6 Å². The third kappa shape index (κ3) is 4.10. The minimum Gasteiger partial charge on any atom is -0.380 e. The van der Waals surface area contributed by atoms with Crippen LogP contribution in [-0.4, -0.2) is 32.0 Å². The summed E-state index contributed by atoms with van der Waals surface area (Å²) in [4.78, 5) is 10.2. The SMILES string of the molecule is COC(CNc1ccc([N+](=O)[O-])c(I)c1)OC. The Hall–Kier alpha value is -0.930. The molecule has 0 unspecified atom stereocenters. The molecule has 0 radical (unpaired) electrons. The number of nitro benzene ring substituents is 1. The molecule has 0 aliphatic carbocycles. The highest BCUT2D eigenvalue weighted by atomic mass is 127. The van der Waals surface area contributed by atoms with Crippen molar-refractivity contribution in [1.82, 2.24) is 0 Å². The lowest BCUT2D eigenvalue weighted by atomic mass is 10.3. The Labute approximate surface area is 113 Å². The number of methoxy groups -OCH3 is 2. The van der Waals surface area contributed by atoms with Crippen LogP contribution in [0.3, 0.4) is 0 Å². The van der Waals surface area contributed by atoms with Gasteiger partial charge in [-0.3, -0.25) is 10.1 Å². The topological polar surface area (TPSA) is 73.6 Å². The number of nitrogens with zero attached hydrogens (tertiary/aromatic N) is 1. The predicted octanol–water partition coefficient (Wildman–Crippen LogP) is 2.23. The van der Waals surface area contributed by atoms with Gasteiger partial charge in [0.2, 0.25) is 0 Å². The smallest absolute Gasteiger partial charge is 0.282 e. The number of nitro groups is 1. The van der Waals surface area contributed by atoms with Crippen molar-refractivity contribution < 1.29 is 14.4 Å². The second-order valence-corrected chi connectivity index (χ2v) is 4.37. The van der Waals surface area contributed by atoms with E-state index in [2.05, 4.69) is 5.32 Å². The molecule has 17 heavy (non-hydrogen) atoms. The van der Waals surface area contributed by atoms with E-state index < -0.39 is 4.92 Å². The molecule has 1 rings (SSSR count). The fourth-order valence-corrected chi connectivity index (χ4v) is 1.94. The number of ether oxygens (including phenoxy) is 2. The summed E-state index contributed by atoms with van der Waals surface area (Å²) >= 11 is 1.93. The quantitative estimate of drug-likeness (QED) is 0.368. The maximum absolute atomic E-state index is 10.6. The van der Waals surface area contributed by atoms with Crippen LogP contribution in [0.15, 0.2) is 18.2 Å². The Kier molecular flexibility index (Phi) is 5.59. The summed E-state index contributed by atoms with van der Waals surface area (Å²) in [6.07, 6.45) is -0.345. The molecule has 0 amide bonds. The summed E-state index contributed by atoms with van der Waals surface area (Å²) in [5.41, 5.74) is 0.894. The molecule has 7 heteroatoms. The summed E-state index contributed by atoms with van der Waals surface area (Å²) in [5, 5.41) is 13.7. The van der Waals surface area contributed by atoms with Crippen LogP contribution < -0.4 is 5.32 Å². The van der Waals surface area contributed by atoms with Crippen molar-refractivity contribution in [3.8, 4) is 0 Å². The Bertz CT molecular complexity index is 396. The highest BCUT2D eigenvalue weighted by molar-refractivity contribution is 14.1. The van der Waals surface area contributed by atoms with Crippen molar-refractivity contribution in [1.29, 1.82) is 0 Å². The van der Waals surface area contributed by atoms with Gasteiger partial charge in [0, 0.05) is 26.0 Å². The first kappa shape index (κ1) is 14.1. The highest BCUT2D eigenvalue weighted by Crippen LogP contribution is 2.24. The maximum Gasteiger partial charge on any atom is 0.282 e. The van der Waals surface area contributed by atoms with Gasteiger partial charge in [0.15, 0.2) is 6.29 Å². The van der Waals surface area contributed by atoms with Gasteiger partial charge in [-0.25, -0.2) is 0 Å². The van der Waals surface area contributed by atoms with Crippen LogP contribution in [0, 0.1) is 13.7 Å². The monoisotopic (exact) mass is 352 g/mol. The first-order chi connectivity index (χ1) is 8.08. The number of anilines is 1. The zero-order valence-electron chi connectivity index (χ0n) is 9.47. The van der Waals surface area contributed by atoms with Gasteiger partial charge in [-0.15, -0.1) is 0 Å². The first-order valence-electron chi connectivity index (χ1n) is 4.82. The summed E-state index contributed by atoms with van der Waals surface area (Å²) in [5.74, 6) is 0. The molecule has 0 fully saturated rings. The Morgan fingerprint density at radius 2 is 2.12 bits per heavy atom. The van der Waals surface area contributed by atoms with Crippen LogP contribution in [0.2, 0.25) is 0 Å². The Balaban J connectivity index is 2.67. The van der Waals surface area contributed by atoms with Crippen LogP contribution in [0.25, 0.3) is 0 Å². The molecular weight excluding hydrogens is 339 g/mol. The van der Waals surface area contributed by atoms with Gasteiger partial charge in [-0.05, 0) is 34.7 Å². The molecule has 1 aromatic rings. The van der Waals surface area contributed by atoms with Gasteiger partial charge in [0.1, 0.15) is 0 Å². The molecule has 1 aromatic carbocycles. The number of rotatable bonds is 6. The van der Waals surface area contributed by atoms with E-state index in [1.54, 1.807) is 26.4 Å². The van der Waals surface area contributed by atoms with E-state index >= 15 is 0 Å². The minimum absolute atomic E-state index is 0.103. The van der Waals surface area contributed by atoms with Crippen LogP contribution >= 0.6 is 22.6 Å². The molecular formula is C10H13IN2O4. The number of hydrogen-bond acceptors (Lipinski definition) is 5. The summed E-state index contributed by atoms with van der Waals surface area (Å²) in [6.45, 7) is 0.473. The second-order valence-electron chi connectivity index (χ2n) is 3.21. The lowest BCUT2D eigenvalue weighted by Gasteiger charge is -2.14. The Morgan fingerprint density at radius 1 is 1.47 bits per heavy atom. The number of halogens is 1. The zero-order chi connectivity index (χ0) is 12.8. The highest BCUT2D eigenvalue weighted by Gasteiger charge is 2.12. The van der Waals surface area contributed by atoms with Crippen molar-refractivity contribution in [3.63, 3.8) is 0 Å². The molecule has 94 valence electrons. The average molecular weight is 352 g/mol. The average Bonchev–Trinajstić information content (AvgIpc) is 2.30. The standard InChI is InChI=1S/C10H13IN2O4/c1-16-10(17-2)6-12-7-3-4-9(13(14)15)8(11)5-7/h3-5,10,12H,6H2,1-2H3. The molecule has 0 heterocycles. The lowest BCUT2D eigenvalue weighted by Crippen LogP contribution is -2.23. The minimum atomic E-state index is -0.404. The molecule has 0 aromatic heterocycles. The van der Waals surface area contributed by atoms with Crippen LogP contribution in [0.1, 0.15) is 0 Å². The van der Waals surface area contributed by atoms with Gasteiger partial charge in [-0.2, -0.15) is 0 Å². The molecule has 6 nitrogen and oxygen atoms in total. The Morgan fingerprint density at radius 3 is 2.59 bits per heavy atom. The molecule has 0 aliphatic rings. The fraction of sp³-hybridized carbons (Fsp3) is 0.400. The van der Waals surface area contributed by atoms with Crippen LogP contribution in [-0.2, 0) is 9.47 Å². The van der Waals surface area contributed by atoms with Gasteiger partial charge in [-0.1, -0.05) is 0 Å². The molecule has 0 aliphatic heterocycles.